The third kappa shape index (κ3) is 4.11. The lowest BCUT2D eigenvalue weighted by atomic mass is 10.3. The zero-order valence-corrected chi connectivity index (χ0v) is 10.2. The molecule has 14 heavy (non-hydrogen) atoms. The molecule has 0 unspecified atom stereocenters. The summed E-state index contributed by atoms with van der Waals surface area (Å²) in [6.07, 6.45) is 1.87. The van der Waals surface area contributed by atoms with Crippen molar-refractivity contribution < 1.29 is 9.84 Å². The zero-order chi connectivity index (χ0) is 10.4. The Kier molecular flexibility index (Phi) is 4.97. The van der Waals surface area contributed by atoms with Gasteiger partial charge in [-0.25, -0.2) is 0 Å². The van der Waals surface area contributed by atoms with E-state index in [4.69, 9.17) is 9.84 Å². The van der Waals surface area contributed by atoms with Crippen LogP contribution in [0.3, 0.4) is 0 Å². The third-order valence-corrected chi connectivity index (χ3v) is 2.46. The van der Waals surface area contributed by atoms with Crippen LogP contribution in [-0.4, -0.2) is 18.3 Å². The van der Waals surface area contributed by atoms with E-state index in [0.29, 0.717) is 6.61 Å². The summed E-state index contributed by atoms with van der Waals surface area (Å²) in [7, 11) is 0. The van der Waals surface area contributed by atoms with Gasteiger partial charge >= 0.3 is 0 Å². The molecule has 0 aliphatic rings. The molecule has 76 valence electrons. The Bertz CT molecular complexity index is 304. The number of benzene rings is 1. The summed E-state index contributed by atoms with van der Waals surface area (Å²) < 4.78 is 6.63. The fraction of sp³-hybridized carbons (Fsp3) is 0.273. The van der Waals surface area contributed by atoms with E-state index >= 15 is 0 Å². The van der Waals surface area contributed by atoms with Crippen molar-refractivity contribution in [3.8, 4) is 5.75 Å². The van der Waals surface area contributed by atoms with Gasteiger partial charge in [-0.15, -0.1) is 0 Å². The van der Waals surface area contributed by atoms with E-state index < -0.39 is 0 Å². The molecule has 0 spiro atoms. The van der Waals surface area contributed by atoms with Crippen LogP contribution in [0.4, 0.5) is 0 Å². The van der Waals surface area contributed by atoms with Crippen molar-refractivity contribution in [2.75, 3.05) is 13.2 Å². The smallest absolute Gasteiger partial charge is 0.119 e. The Morgan fingerprint density at radius 3 is 2.64 bits per heavy atom. The normalized spacial score (nSPS) is 11.5. The molecule has 1 aromatic carbocycles. The Morgan fingerprint density at radius 1 is 1.43 bits per heavy atom. The summed E-state index contributed by atoms with van der Waals surface area (Å²) in [5.41, 5.74) is 0.926. The lowest BCUT2D eigenvalue weighted by molar-refractivity contribution is 0.325. The van der Waals surface area contributed by atoms with E-state index in [9.17, 15) is 0 Å². The van der Waals surface area contributed by atoms with Crippen LogP contribution in [0.5, 0.6) is 5.75 Å². The molecule has 0 aliphatic heterocycles. The largest absolute Gasteiger partial charge is 0.490 e. The van der Waals surface area contributed by atoms with Gasteiger partial charge in [-0.3, -0.25) is 0 Å². The SMILES string of the molecule is C/C(=C\COc1ccc(I)cc1)CO. The zero-order valence-electron chi connectivity index (χ0n) is 8.03. The van der Waals surface area contributed by atoms with Crippen LogP contribution >= 0.6 is 22.6 Å². The highest BCUT2D eigenvalue weighted by Crippen LogP contribution is 2.13. The van der Waals surface area contributed by atoms with E-state index in [2.05, 4.69) is 22.6 Å². The minimum Gasteiger partial charge on any atom is -0.490 e. The molecule has 0 bridgehead atoms. The van der Waals surface area contributed by atoms with Gasteiger partial charge in [0.05, 0.1) is 6.61 Å². The minimum atomic E-state index is 0.0933. The summed E-state index contributed by atoms with van der Waals surface area (Å²) in [4.78, 5) is 0. The number of ether oxygens (including phenoxy) is 1. The van der Waals surface area contributed by atoms with Gasteiger partial charge in [-0.05, 0) is 65.4 Å². The molecule has 1 N–H and O–H groups in total. The van der Waals surface area contributed by atoms with Crippen LogP contribution < -0.4 is 4.74 Å². The summed E-state index contributed by atoms with van der Waals surface area (Å²) in [6, 6.07) is 7.87. The van der Waals surface area contributed by atoms with Crippen molar-refractivity contribution in [1.82, 2.24) is 0 Å². The number of halogens is 1. The maximum atomic E-state index is 8.74. The van der Waals surface area contributed by atoms with Gasteiger partial charge in [0.15, 0.2) is 0 Å². The van der Waals surface area contributed by atoms with Crippen LogP contribution in [0.25, 0.3) is 0 Å². The molecular formula is C11H13IO2. The molecule has 1 aromatic rings. The third-order valence-electron chi connectivity index (χ3n) is 1.74. The van der Waals surface area contributed by atoms with E-state index in [-0.39, 0.29) is 6.61 Å². The van der Waals surface area contributed by atoms with Gasteiger partial charge in [0, 0.05) is 3.57 Å². The van der Waals surface area contributed by atoms with E-state index in [1.165, 1.54) is 3.57 Å². The molecule has 2 nitrogen and oxygen atoms in total. The molecule has 0 amide bonds. The first-order valence-electron chi connectivity index (χ1n) is 4.37. The van der Waals surface area contributed by atoms with E-state index in [1.807, 2.05) is 37.3 Å². The van der Waals surface area contributed by atoms with Crippen LogP contribution in [0.1, 0.15) is 6.92 Å². The molecule has 0 atom stereocenters. The molecular weight excluding hydrogens is 291 g/mol. The van der Waals surface area contributed by atoms with Crippen LogP contribution in [0.15, 0.2) is 35.9 Å². The lowest BCUT2D eigenvalue weighted by Gasteiger charge is -2.03. The van der Waals surface area contributed by atoms with Gasteiger partial charge in [0.2, 0.25) is 0 Å². The quantitative estimate of drug-likeness (QED) is 0.684. The van der Waals surface area contributed by atoms with Crippen molar-refractivity contribution in [3.05, 3.63) is 39.5 Å². The van der Waals surface area contributed by atoms with Crippen molar-refractivity contribution in [1.29, 1.82) is 0 Å². The molecule has 0 saturated carbocycles. The first kappa shape index (κ1) is 11.5. The Balaban J connectivity index is 2.42. The highest BCUT2D eigenvalue weighted by Gasteiger charge is 1.91. The van der Waals surface area contributed by atoms with Crippen molar-refractivity contribution in [2.24, 2.45) is 0 Å². The summed E-state index contributed by atoms with van der Waals surface area (Å²) in [6.45, 7) is 2.47. The maximum absolute atomic E-state index is 8.74. The topological polar surface area (TPSA) is 29.5 Å². The fourth-order valence-corrected chi connectivity index (χ4v) is 1.24. The molecule has 3 heteroatoms. The minimum absolute atomic E-state index is 0.0933. The fourth-order valence-electron chi connectivity index (χ4n) is 0.876. The van der Waals surface area contributed by atoms with E-state index in [0.717, 1.165) is 11.3 Å². The number of hydrogen-bond acceptors (Lipinski definition) is 2. The Morgan fingerprint density at radius 2 is 2.07 bits per heavy atom. The van der Waals surface area contributed by atoms with Gasteiger partial charge in [0.25, 0.3) is 0 Å². The van der Waals surface area contributed by atoms with Gasteiger partial charge in [0.1, 0.15) is 12.4 Å². The molecule has 0 aliphatic carbocycles. The summed E-state index contributed by atoms with van der Waals surface area (Å²) in [5.74, 6) is 0.854. The number of hydrogen-bond donors (Lipinski definition) is 1. The molecule has 1 rings (SSSR count). The molecule has 0 fully saturated rings. The van der Waals surface area contributed by atoms with Crippen molar-refractivity contribution in [2.45, 2.75) is 6.92 Å². The first-order valence-corrected chi connectivity index (χ1v) is 5.45. The van der Waals surface area contributed by atoms with Crippen molar-refractivity contribution >= 4 is 22.6 Å². The summed E-state index contributed by atoms with van der Waals surface area (Å²) in [5, 5.41) is 8.74. The highest BCUT2D eigenvalue weighted by atomic mass is 127. The maximum Gasteiger partial charge on any atom is 0.119 e. The number of aliphatic hydroxyl groups excluding tert-OH is 1. The van der Waals surface area contributed by atoms with Crippen molar-refractivity contribution in [3.63, 3.8) is 0 Å². The second-order valence-electron chi connectivity index (χ2n) is 2.97. The average Bonchev–Trinajstić information content (AvgIpc) is 2.21. The predicted molar refractivity (Wildman–Crippen MR) is 65.5 cm³/mol. The molecule has 0 heterocycles. The van der Waals surface area contributed by atoms with E-state index in [1.54, 1.807) is 0 Å². The second kappa shape index (κ2) is 6.03. The standard InChI is InChI=1S/C11H13IO2/c1-9(8-13)6-7-14-11-4-2-10(12)3-5-11/h2-6,13H,7-8H2,1H3/b9-6+. The average molecular weight is 304 g/mol. The number of rotatable bonds is 4. The number of aliphatic hydroxyl groups is 1. The molecule has 0 aromatic heterocycles. The van der Waals surface area contributed by atoms with Crippen LogP contribution in [-0.2, 0) is 0 Å². The lowest BCUT2D eigenvalue weighted by Crippen LogP contribution is -1.96. The predicted octanol–water partition coefficient (Wildman–Crippen LogP) is 2.61. The summed E-state index contributed by atoms with van der Waals surface area (Å²) >= 11 is 2.25. The monoisotopic (exact) mass is 304 g/mol. The van der Waals surface area contributed by atoms with Gasteiger partial charge in [-0.1, -0.05) is 0 Å². The Labute approximate surface area is 97.7 Å². The highest BCUT2D eigenvalue weighted by molar-refractivity contribution is 14.1. The molecule has 0 saturated heterocycles. The second-order valence-corrected chi connectivity index (χ2v) is 4.22. The first-order chi connectivity index (χ1) is 6.72. The van der Waals surface area contributed by atoms with Crippen LogP contribution in [0, 0.1) is 3.57 Å². The van der Waals surface area contributed by atoms with Crippen LogP contribution in [0.2, 0.25) is 0 Å². The molecule has 0 radical (unpaired) electrons. The van der Waals surface area contributed by atoms with Gasteiger partial charge in [-0.2, -0.15) is 0 Å². The van der Waals surface area contributed by atoms with Gasteiger partial charge < -0.3 is 9.84 Å². The Hall–Kier alpha value is -0.550.